The van der Waals surface area contributed by atoms with E-state index in [4.69, 9.17) is 0 Å². The van der Waals surface area contributed by atoms with Crippen molar-refractivity contribution in [3.05, 3.63) is 52.2 Å². The Morgan fingerprint density at radius 2 is 1.67 bits per heavy atom. The summed E-state index contributed by atoms with van der Waals surface area (Å²) in [5, 5.41) is 9.25. The number of halogens is 1. The molecule has 0 unspecified atom stereocenters. The number of benzene rings is 2. The van der Waals surface area contributed by atoms with E-state index in [9.17, 15) is 8.42 Å². The SMILES string of the molecule is CN(C)c1cccc2c(S(=O)(=O)Nc3ccc(I)nn3)cccc12. The third kappa shape index (κ3) is 3.29. The maximum absolute atomic E-state index is 12.8. The molecule has 0 fully saturated rings. The van der Waals surface area contributed by atoms with Gasteiger partial charge in [-0.2, -0.15) is 0 Å². The third-order valence-corrected chi connectivity index (χ3v) is 5.49. The number of sulfonamides is 1. The first-order valence-corrected chi connectivity index (χ1v) is 9.66. The first-order valence-electron chi connectivity index (χ1n) is 7.09. The summed E-state index contributed by atoms with van der Waals surface area (Å²) in [7, 11) is 0.0832. The van der Waals surface area contributed by atoms with Crippen LogP contribution in [0.25, 0.3) is 10.8 Å². The third-order valence-electron chi connectivity index (χ3n) is 3.50. The van der Waals surface area contributed by atoms with Gasteiger partial charge in [0.05, 0.1) is 4.90 Å². The lowest BCUT2D eigenvalue weighted by atomic mass is 10.1. The number of nitrogens with zero attached hydrogens (tertiary/aromatic N) is 3. The van der Waals surface area contributed by atoms with Crippen LogP contribution in [-0.2, 0) is 10.0 Å². The van der Waals surface area contributed by atoms with Gasteiger partial charge in [0.15, 0.2) is 5.82 Å². The number of nitrogens with one attached hydrogen (secondary N) is 1. The molecule has 1 heterocycles. The van der Waals surface area contributed by atoms with Crippen molar-refractivity contribution in [2.75, 3.05) is 23.7 Å². The Bertz CT molecular complexity index is 989. The summed E-state index contributed by atoms with van der Waals surface area (Å²) in [6.45, 7) is 0. The molecule has 3 aromatic rings. The van der Waals surface area contributed by atoms with Gasteiger partial charge in [0.1, 0.15) is 3.70 Å². The normalized spacial score (nSPS) is 11.5. The molecule has 0 aliphatic heterocycles. The minimum absolute atomic E-state index is 0.191. The highest BCUT2D eigenvalue weighted by Gasteiger charge is 2.19. The van der Waals surface area contributed by atoms with E-state index in [1.807, 2.05) is 59.8 Å². The summed E-state index contributed by atoms with van der Waals surface area (Å²) in [4.78, 5) is 2.17. The van der Waals surface area contributed by atoms with Crippen LogP contribution in [0.3, 0.4) is 0 Å². The van der Waals surface area contributed by atoms with E-state index in [-0.39, 0.29) is 10.7 Å². The topological polar surface area (TPSA) is 75.2 Å². The maximum Gasteiger partial charge on any atom is 0.263 e. The minimum Gasteiger partial charge on any atom is -0.377 e. The first kappa shape index (κ1) is 16.9. The minimum atomic E-state index is -3.77. The number of aromatic nitrogens is 2. The van der Waals surface area contributed by atoms with Gasteiger partial charge in [0.2, 0.25) is 0 Å². The van der Waals surface area contributed by atoms with Crippen molar-refractivity contribution in [2.45, 2.75) is 4.90 Å². The molecule has 1 N–H and O–H groups in total. The van der Waals surface area contributed by atoms with Crippen LogP contribution >= 0.6 is 22.6 Å². The van der Waals surface area contributed by atoms with Crippen LogP contribution in [0.1, 0.15) is 0 Å². The predicted octanol–water partition coefficient (Wildman–Crippen LogP) is 3.10. The van der Waals surface area contributed by atoms with Crippen molar-refractivity contribution in [1.29, 1.82) is 0 Å². The zero-order chi connectivity index (χ0) is 17.3. The summed E-state index contributed by atoms with van der Waals surface area (Å²) in [6.07, 6.45) is 0. The van der Waals surface area contributed by atoms with E-state index >= 15 is 0 Å². The van der Waals surface area contributed by atoms with Crippen molar-refractivity contribution < 1.29 is 8.42 Å². The number of hydrogen-bond donors (Lipinski definition) is 1. The van der Waals surface area contributed by atoms with E-state index in [0.717, 1.165) is 11.1 Å². The van der Waals surface area contributed by atoms with Crippen LogP contribution in [0.15, 0.2) is 53.4 Å². The molecule has 0 atom stereocenters. The monoisotopic (exact) mass is 454 g/mol. The molecule has 0 spiro atoms. The van der Waals surface area contributed by atoms with Crippen molar-refractivity contribution in [1.82, 2.24) is 10.2 Å². The first-order chi connectivity index (χ1) is 11.4. The van der Waals surface area contributed by atoms with Crippen molar-refractivity contribution in [3.8, 4) is 0 Å². The molecular weight excluding hydrogens is 439 g/mol. The van der Waals surface area contributed by atoms with Gasteiger partial charge < -0.3 is 4.90 Å². The van der Waals surface area contributed by atoms with Crippen LogP contribution in [0.4, 0.5) is 11.5 Å². The lowest BCUT2D eigenvalue weighted by molar-refractivity contribution is 0.601. The van der Waals surface area contributed by atoms with Gasteiger partial charge in [0.25, 0.3) is 10.0 Å². The number of anilines is 2. The lowest BCUT2D eigenvalue weighted by Gasteiger charge is -2.17. The molecule has 0 saturated heterocycles. The van der Waals surface area contributed by atoms with Gasteiger partial charge >= 0.3 is 0 Å². The number of fused-ring (bicyclic) bond motifs is 1. The highest BCUT2D eigenvalue weighted by molar-refractivity contribution is 14.1. The molecule has 0 radical (unpaired) electrons. The highest BCUT2D eigenvalue weighted by Crippen LogP contribution is 2.30. The molecule has 0 bridgehead atoms. The van der Waals surface area contributed by atoms with E-state index < -0.39 is 10.0 Å². The molecule has 0 aliphatic rings. The van der Waals surface area contributed by atoms with Crippen LogP contribution in [0.5, 0.6) is 0 Å². The van der Waals surface area contributed by atoms with Crippen molar-refractivity contribution in [2.24, 2.45) is 0 Å². The Morgan fingerprint density at radius 1 is 0.958 bits per heavy atom. The summed E-state index contributed by atoms with van der Waals surface area (Å²) in [5.41, 5.74) is 0.957. The van der Waals surface area contributed by atoms with Gasteiger partial charge in [-0.3, -0.25) is 4.72 Å². The largest absolute Gasteiger partial charge is 0.377 e. The molecule has 0 amide bonds. The highest BCUT2D eigenvalue weighted by atomic mass is 127. The molecule has 0 saturated carbocycles. The quantitative estimate of drug-likeness (QED) is 0.614. The summed E-state index contributed by atoms with van der Waals surface area (Å²) in [6, 6.07) is 14.1. The van der Waals surface area contributed by atoms with E-state index in [1.165, 1.54) is 0 Å². The Kier molecular flexibility index (Phi) is 4.59. The summed E-state index contributed by atoms with van der Waals surface area (Å²) in [5.74, 6) is 0.191. The van der Waals surface area contributed by atoms with Gasteiger partial charge in [-0.05, 0) is 46.9 Å². The van der Waals surface area contributed by atoms with Crippen LogP contribution in [0.2, 0.25) is 0 Å². The summed E-state index contributed by atoms with van der Waals surface area (Å²) >= 11 is 2.01. The fourth-order valence-corrected chi connectivity index (χ4v) is 3.96. The molecule has 124 valence electrons. The molecule has 3 rings (SSSR count). The fourth-order valence-electron chi connectivity index (χ4n) is 2.45. The average molecular weight is 454 g/mol. The van der Waals surface area contributed by atoms with Crippen molar-refractivity contribution in [3.63, 3.8) is 0 Å². The van der Waals surface area contributed by atoms with Crippen LogP contribution < -0.4 is 9.62 Å². The fraction of sp³-hybridized carbons (Fsp3) is 0.125. The van der Waals surface area contributed by atoms with Gasteiger partial charge in [-0.15, -0.1) is 10.2 Å². The van der Waals surface area contributed by atoms with Gasteiger partial charge in [-0.1, -0.05) is 24.3 Å². The predicted molar refractivity (Wildman–Crippen MR) is 104 cm³/mol. The number of hydrogen-bond acceptors (Lipinski definition) is 5. The lowest BCUT2D eigenvalue weighted by Crippen LogP contribution is -2.15. The maximum atomic E-state index is 12.8. The van der Waals surface area contributed by atoms with E-state index in [0.29, 0.717) is 9.09 Å². The second kappa shape index (κ2) is 6.52. The Hall–Kier alpha value is -1.94. The van der Waals surface area contributed by atoms with Crippen LogP contribution in [0, 0.1) is 3.70 Å². The Balaban J connectivity index is 2.11. The molecule has 1 aromatic heterocycles. The molecular formula is C16H15IN4O2S. The Morgan fingerprint density at radius 3 is 2.33 bits per heavy atom. The molecule has 6 nitrogen and oxygen atoms in total. The average Bonchev–Trinajstić information content (AvgIpc) is 2.55. The van der Waals surface area contributed by atoms with E-state index in [2.05, 4.69) is 14.9 Å². The standard InChI is InChI=1S/C16H15IN4O2S/c1-21(2)13-7-3-6-12-11(13)5-4-8-14(12)24(22,23)20-16-10-9-15(17)18-19-16/h3-10H,1-2H3,(H,19,20). The summed E-state index contributed by atoms with van der Waals surface area (Å²) < 4.78 is 28.7. The molecule has 8 heteroatoms. The molecule has 24 heavy (non-hydrogen) atoms. The van der Waals surface area contributed by atoms with Crippen molar-refractivity contribution >= 4 is 54.9 Å². The smallest absolute Gasteiger partial charge is 0.263 e. The van der Waals surface area contributed by atoms with Crippen LogP contribution in [-0.4, -0.2) is 32.7 Å². The second-order valence-electron chi connectivity index (χ2n) is 5.37. The van der Waals surface area contributed by atoms with Gasteiger partial charge in [-0.25, -0.2) is 8.42 Å². The number of rotatable bonds is 4. The molecule has 2 aromatic carbocycles. The van der Waals surface area contributed by atoms with E-state index in [1.54, 1.807) is 30.3 Å². The second-order valence-corrected chi connectivity index (χ2v) is 8.13. The Labute approximate surface area is 154 Å². The zero-order valence-electron chi connectivity index (χ0n) is 13.1. The van der Waals surface area contributed by atoms with Gasteiger partial charge in [0, 0.05) is 30.6 Å². The molecule has 0 aliphatic carbocycles. The zero-order valence-corrected chi connectivity index (χ0v) is 16.0.